The summed E-state index contributed by atoms with van der Waals surface area (Å²) in [6, 6.07) is 7.86. The number of aliphatic hydroxyl groups is 1. The van der Waals surface area contributed by atoms with Gasteiger partial charge in [-0.25, -0.2) is 8.78 Å². The molecule has 2 aromatic carbocycles. The number of nitrogens with zero attached hydrogens (tertiary/aromatic N) is 1. The molecule has 0 aromatic heterocycles. The molecule has 7 heteroatoms. The molecule has 26 heavy (non-hydrogen) atoms. The minimum Gasteiger partial charge on any atom is -0.392 e. The first-order chi connectivity index (χ1) is 12.3. The van der Waals surface area contributed by atoms with Crippen LogP contribution in [0.3, 0.4) is 0 Å². The molecule has 0 aliphatic carbocycles. The number of carbonyl (C=O) groups excluding carboxylic acids is 1. The average molecular weight is 383 g/mol. The van der Waals surface area contributed by atoms with Gasteiger partial charge in [0.1, 0.15) is 11.6 Å². The first-order valence-corrected chi connectivity index (χ1v) is 8.68. The summed E-state index contributed by atoms with van der Waals surface area (Å²) < 4.78 is 27.5. The standard InChI is InChI=1S/C19H21ClF2N2O2/c1-3-8-24(11-12(2)25)18-9-13(4-6-17(18)22)19(26)23-14-5-7-16(21)15(20)10-14/h4-7,9-10,12,25H,3,8,11H2,1-2H3,(H,23,26)/t12-/m1/s1. The SMILES string of the molecule is CCCN(C[C@@H](C)O)c1cc(C(=O)Nc2ccc(F)c(Cl)c2)ccc1F. The van der Waals surface area contributed by atoms with E-state index in [1.165, 1.54) is 30.3 Å². The lowest BCUT2D eigenvalue weighted by Gasteiger charge is -2.26. The Balaban J connectivity index is 2.26. The van der Waals surface area contributed by atoms with E-state index in [1.807, 2.05) is 6.92 Å². The number of amides is 1. The maximum Gasteiger partial charge on any atom is 0.255 e. The fourth-order valence-electron chi connectivity index (χ4n) is 2.57. The third kappa shape index (κ3) is 5.16. The number of anilines is 2. The second kappa shape index (κ2) is 8.96. The molecular formula is C19H21ClF2N2O2. The summed E-state index contributed by atoms with van der Waals surface area (Å²) in [5.41, 5.74) is 0.827. The summed E-state index contributed by atoms with van der Waals surface area (Å²) in [4.78, 5) is 14.1. The van der Waals surface area contributed by atoms with E-state index in [4.69, 9.17) is 11.6 Å². The Kier molecular flexibility index (Phi) is 6.94. The van der Waals surface area contributed by atoms with Gasteiger partial charge in [0.15, 0.2) is 0 Å². The molecule has 2 rings (SSSR count). The van der Waals surface area contributed by atoms with Crippen LogP contribution in [0.25, 0.3) is 0 Å². The summed E-state index contributed by atoms with van der Waals surface area (Å²) >= 11 is 5.71. The topological polar surface area (TPSA) is 52.6 Å². The molecule has 1 atom stereocenters. The van der Waals surface area contributed by atoms with Crippen molar-refractivity contribution in [2.45, 2.75) is 26.4 Å². The zero-order chi connectivity index (χ0) is 19.3. The van der Waals surface area contributed by atoms with Gasteiger partial charge in [0, 0.05) is 24.3 Å². The van der Waals surface area contributed by atoms with Crippen LogP contribution in [0.4, 0.5) is 20.2 Å². The van der Waals surface area contributed by atoms with Gasteiger partial charge in [-0.3, -0.25) is 4.79 Å². The molecule has 4 nitrogen and oxygen atoms in total. The predicted octanol–water partition coefficient (Wildman–Crippen LogP) is 4.47. The van der Waals surface area contributed by atoms with Gasteiger partial charge in [-0.1, -0.05) is 18.5 Å². The van der Waals surface area contributed by atoms with Gasteiger partial charge in [-0.05, 0) is 49.7 Å². The maximum absolute atomic E-state index is 14.3. The number of aliphatic hydroxyl groups excluding tert-OH is 1. The van der Waals surface area contributed by atoms with Crippen molar-refractivity contribution in [2.75, 3.05) is 23.3 Å². The van der Waals surface area contributed by atoms with Crippen LogP contribution in [0.2, 0.25) is 5.02 Å². The minimum atomic E-state index is -0.639. The van der Waals surface area contributed by atoms with Crippen molar-refractivity contribution in [3.8, 4) is 0 Å². The van der Waals surface area contributed by atoms with Gasteiger partial charge < -0.3 is 15.3 Å². The molecule has 0 radical (unpaired) electrons. The quantitative estimate of drug-likeness (QED) is 0.743. The van der Waals surface area contributed by atoms with Crippen LogP contribution in [0.15, 0.2) is 36.4 Å². The fourth-order valence-corrected chi connectivity index (χ4v) is 2.75. The van der Waals surface area contributed by atoms with E-state index in [0.717, 1.165) is 12.5 Å². The first-order valence-electron chi connectivity index (χ1n) is 8.30. The van der Waals surface area contributed by atoms with Crippen molar-refractivity contribution in [3.05, 3.63) is 58.6 Å². The third-order valence-corrected chi connectivity index (χ3v) is 3.99. The van der Waals surface area contributed by atoms with E-state index in [2.05, 4.69) is 5.32 Å². The molecule has 1 amide bonds. The average Bonchev–Trinajstić information content (AvgIpc) is 2.58. The summed E-state index contributed by atoms with van der Waals surface area (Å²) in [7, 11) is 0. The number of benzene rings is 2. The number of carbonyl (C=O) groups is 1. The van der Waals surface area contributed by atoms with Crippen molar-refractivity contribution < 1.29 is 18.7 Å². The van der Waals surface area contributed by atoms with E-state index >= 15 is 0 Å². The molecule has 0 heterocycles. The predicted molar refractivity (Wildman–Crippen MR) is 99.9 cm³/mol. The van der Waals surface area contributed by atoms with Gasteiger partial charge in [0.2, 0.25) is 0 Å². The molecule has 0 aliphatic heterocycles. The van der Waals surface area contributed by atoms with Gasteiger partial charge in [-0.15, -0.1) is 0 Å². The molecule has 2 aromatic rings. The van der Waals surface area contributed by atoms with Crippen LogP contribution < -0.4 is 10.2 Å². The number of nitrogens with one attached hydrogen (secondary N) is 1. The number of hydrogen-bond acceptors (Lipinski definition) is 3. The second-order valence-electron chi connectivity index (χ2n) is 6.04. The summed E-state index contributed by atoms with van der Waals surface area (Å²) in [6.07, 6.45) is 0.121. The lowest BCUT2D eigenvalue weighted by atomic mass is 10.1. The lowest BCUT2D eigenvalue weighted by Crippen LogP contribution is -2.32. The van der Waals surface area contributed by atoms with Crippen LogP contribution in [0.5, 0.6) is 0 Å². The molecule has 2 N–H and O–H groups in total. The highest BCUT2D eigenvalue weighted by molar-refractivity contribution is 6.31. The van der Waals surface area contributed by atoms with Crippen LogP contribution in [-0.2, 0) is 0 Å². The van der Waals surface area contributed by atoms with Gasteiger partial charge in [0.05, 0.1) is 16.8 Å². The number of hydrogen-bond donors (Lipinski definition) is 2. The van der Waals surface area contributed by atoms with Crippen LogP contribution in [0.1, 0.15) is 30.6 Å². The summed E-state index contributed by atoms with van der Waals surface area (Å²) in [6.45, 7) is 4.36. The second-order valence-corrected chi connectivity index (χ2v) is 6.45. The Hall–Kier alpha value is -2.18. The summed E-state index contributed by atoms with van der Waals surface area (Å²) in [5, 5.41) is 12.1. The van der Waals surface area contributed by atoms with Crippen LogP contribution in [0, 0.1) is 11.6 Å². The molecule has 0 fully saturated rings. The Bertz CT molecular complexity index is 784. The van der Waals surface area contributed by atoms with E-state index < -0.39 is 23.6 Å². The van der Waals surface area contributed by atoms with Crippen molar-refractivity contribution in [3.63, 3.8) is 0 Å². The third-order valence-electron chi connectivity index (χ3n) is 3.70. The first kappa shape index (κ1) is 20.1. The molecule has 0 spiro atoms. The zero-order valence-corrected chi connectivity index (χ0v) is 15.4. The fraction of sp³-hybridized carbons (Fsp3) is 0.316. The molecule has 0 bridgehead atoms. The number of halogens is 3. The largest absolute Gasteiger partial charge is 0.392 e. The maximum atomic E-state index is 14.3. The van der Waals surface area contributed by atoms with Crippen molar-refractivity contribution in [2.24, 2.45) is 0 Å². The Morgan fingerprint density at radius 3 is 2.54 bits per heavy atom. The van der Waals surface area contributed by atoms with E-state index in [-0.39, 0.29) is 22.8 Å². The van der Waals surface area contributed by atoms with Crippen LogP contribution in [-0.4, -0.2) is 30.2 Å². The van der Waals surface area contributed by atoms with Crippen LogP contribution >= 0.6 is 11.6 Å². The highest BCUT2D eigenvalue weighted by Crippen LogP contribution is 2.24. The monoisotopic (exact) mass is 382 g/mol. The smallest absolute Gasteiger partial charge is 0.255 e. The normalized spacial score (nSPS) is 11.9. The lowest BCUT2D eigenvalue weighted by molar-refractivity contribution is 0.102. The highest BCUT2D eigenvalue weighted by Gasteiger charge is 2.16. The van der Waals surface area contributed by atoms with Crippen molar-refractivity contribution in [1.29, 1.82) is 0 Å². The van der Waals surface area contributed by atoms with Gasteiger partial charge in [-0.2, -0.15) is 0 Å². The molecule has 140 valence electrons. The van der Waals surface area contributed by atoms with E-state index in [1.54, 1.807) is 11.8 Å². The van der Waals surface area contributed by atoms with Gasteiger partial charge >= 0.3 is 0 Å². The molecule has 0 aliphatic rings. The highest BCUT2D eigenvalue weighted by atomic mass is 35.5. The van der Waals surface area contributed by atoms with E-state index in [9.17, 15) is 18.7 Å². The molecular weight excluding hydrogens is 362 g/mol. The Labute approximate surface area is 156 Å². The molecule has 0 saturated carbocycles. The molecule has 0 unspecified atom stereocenters. The Morgan fingerprint density at radius 1 is 1.23 bits per heavy atom. The van der Waals surface area contributed by atoms with Crippen molar-refractivity contribution in [1.82, 2.24) is 0 Å². The minimum absolute atomic E-state index is 0.103. The zero-order valence-electron chi connectivity index (χ0n) is 14.6. The summed E-state index contributed by atoms with van der Waals surface area (Å²) in [5.74, 6) is -1.52. The molecule has 0 saturated heterocycles. The number of rotatable bonds is 7. The van der Waals surface area contributed by atoms with Crippen molar-refractivity contribution >= 4 is 28.9 Å². The Morgan fingerprint density at radius 2 is 1.92 bits per heavy atom. The van der Waals surface area contributed by atoms with E-state index in [0.29, 0.717) is 12.2 Å². The van der Waals surface area contributed by atoms with Gasteiger partial charge in [0.25, 0.3) is 5.91 Å².